The summed E-state index contributed by atoms with van der Waals surface area (Å²) in [5.74, 6) is 1.02. The van der Waals surface area contributed by atoms with Gasteiger partial charge in [-0.3, -0.25) is 9.59 Å². The number of nitrogens with one attached hydrogen (secondary N) is 1. The van der Waals surface area contributed by atoms with Crippen molar-refractivity contribution in [2.75, 3.05) is 19.6 Å². The molecule has 6 heteroatoms. The number of nitrogens with zero attached hydrogens (tertiary/aromatic N) is 2. The normalized spacial score (nSPS) is 16.4. The molecule has 0 bridgehead atoms. The zero-order valence-corrected chi connectivity index (χ0v) is 11.3. The minimum absolute atomic E-state index is 0.00317. The van der Waals surface area contributed by atoms with E-state index in [0.29, 0.717) is 37.0 Å². The predicted molar refractivity (Wildman–Crippen MR) is 68.6 cm³/mol. The molecule has 1 aliphatic heterocycles. The first-order valence-electron chi connectivity index (χ1n) is 6.53. The van der Waals surface area contributed by atoms with Crippen LogP contribution in [0.3, 0.4) is 0 Å². The standard InChI is InChI=1S/C13H19N3O3/c1-9-7-12(15-19-9)13(18)16-5-3-11(4-6-16)8-14-10(2)17/h7,11H,3-6,8H2,1-2H3,(H,14,17). The molecule has 0 aliphatic carbocycles. The fraction of sp³-hybridized carbons (Fsp3) is 0.615. The quantitative estimate of drug-likeness (QED) is 0.883. The Morgan fingerprint density at radius 2 is 2.16 bits per heavy atom. The third kappa shape index (κ3) is 3.56. The number of hydrogen-bond donors (Lipinski definition) is 1. The molecule has 1 N–H and O–H groups in total. The fourth-order valence-corrected chi connectivity index (χ4v) is 2.26. The van der Waals surface area contributed by atoms with E-state index in [-0.39, 0.29) is 11.8 Å². The number of aryl methyl sites for hydroxylation is 1. The summed E-state index contributed by atoms with van der Waals surface area (Å²) in [5, 5.41) is 6.57. The monoisotopic (exact) mass is 265 g/mol. The molecule has 1 aliphatic rings. The molecular weight excluding hydrogens is 246 g/mol. The van der Waals surface area contributed by atoms with Gasteiger partial charge >= 0.3 is 0 Å². The maximum absolute atomic E-state index is 12.1. The molecule has 104 valence electrons. The molecule has 1 aromatic rings. The van der Waals surface area contributed by atoms with Crippen LogP contribution < -0.4 is 5.32 Å². The van der Waals surface area contributed by atoms with Crippen molar-refractivity contribution in [3.05, 3.63) is 17.5 Å². The van der Waals surface area contributed by atoms with E-state index < -0.39 is 0 Å². The van der Waals surface area contributed by atoms with Gasteiger partial charge in [0.1, 0.15) is 5.76 Å². The molecule has 19 heavy (non-hydrogen) atoms. The van der Waals surface area contributed by atoms with E-state index >= 15 is 0 Å². The molecule has 0 unspecified atom stereocenters. The number of piperidine rings is 1. The molecule has 6 nitrogen and oxygen atoms in total. The lowest BCUT2D eigenvalue weighted by Crippen LogP contribution is -2.41. The summed E-state index contributed by atoms with van der Waals surface area (Å²) >= 11 is 0. The first-order valence-corrected chi connectivity index (χ1v) is 6.53. The minimum Gasteiger partial charge on any atom is -0.361 e. The van der Waals surface area contributed by atoms with E-state index in [9.17, 15) is 9.59 Å². The highest BCUT2D eigenvalue weighted by Crippen LogP contribution is 2.18. The number of likely N-dealkylation sites (tertiary alicyclic amines) is 1. The molecule has 1 fully saturated rings. The van der Waals surface area contributed by atoms with Crippen LogP contribution in [0, 0.1) is 12.8 Å². The molecule has 2 amide bonds. The van der Waals surface area contributed by atoms with Gasteiger partial charge in [0.15, 0.2) is 5.69 Å². The average Bonchev–Trinajstić information content (AvgIpc) is 2.83. The minimum atomic E-state index is -0.0742. The summed E-state index contributed by atoms with van der Waals surface area (Å²) in [4.78, 5) is 24.8. The fourth-order valence-electron chi connectivity index (χ4n) is 2.26. The van der Waals surface area contributed by atoms with E-state index in [1.165, 1.54) is 6.92 Å². The van der Waals surface area contributed by atoms with Crippen molar-refractivity contribution in [1.82, 2.24) is 15.4 Å². The lowest BCUT2D eigenvalue weighted by molar-refractivity contribution is -0.119. The Balaban J connectivity index is 1.83. The molecule has 0 atom stereocenters. The maximum Gasteiger partial charge on any atom is 0.276 e. The van der Waals surface area contributed by atoms with E-state index in [1.807, 2.05) is 0 Å². The number of carbonyl (C=O) groups excluding carboxylic acids is 2. The Hall–Kier alpha value is -1.85. The summed E-state index contributed by atoms with van der Waals surface area (Å²) < 4.78 is 4.92. The SMILES string of the molecule is CC(=O)NCC1CCN(C(=O)c2cc(C)on2)CC1. The van der Waals surface area contributed by atoms with Gasteiger partial charge in [0.05, 0.1) is 0 Å². The molecule has 0 spiro atoms. The van der Waals surface area contributed by atoms with E-state index in [4.69, 9.17) is 4.52 Å². The first-order chi connectivity index (χ1) is 9.06. The van der Waals surface area contributed by atoms with Crippen molar-refractivity contribution < 1.29 is 14.1 Å². The van der Waals surface area contributed by atoms with Gasteiger partial charge in [-0.05, 0) is 25.7 Å². The van der Waals surface area contributed by atoms with Crippen molar-refractivity contribution in [3.8, 4) is 0 Å². The Morgan fingerprint density at radius 3 is 2.68 bits per heavy atom. The topological polar surface area (TPSA) is 75.4 Å². The number of hydrogen-bond acceptors (Lipinski definition) is 4. The third-order valence-electron chi connectivity index (χ3n) is 3.39. The molecule has 1 aromatic heterocycles. The van der Waals surface area contributed by atoms with Gasteiger partial charge in [-0.15, -0.1) is 0 Å². The molecule has 2 rings (SSSR count). The Bertz CT molecular complexity index is 461. The molecule has 0 radical (unpaired) electrons. The number of aromatic nitrogens is 1. The molecule has 2 heterocycles. The van der Waals surface area contributed by atoms with Crippen molar-refractivity contribution >= 4 is 11.8 Å². The van der Waals surface area contributed by atoms with E-state index in [1.54, 1.807) is 17.9 Å². The van der Waals surface area contributed by atoms with Gasteiger partial charge in [-0.1, -0.05) is 5.16 Å². The van der Waals surface area contributed by atoms with Crippen molar-refractivity contribution in [1.29, 1.82) is 0 Å². The molecule has 1 saturated heterocycles. The van der Waals surface area contributed by atoms with Crippen LogP contribution in [0.2, 0.25) is 0 Å². The average molecular weight is 265 g/mol. The summed E-state index contributed by atoms with van der Waals surface area (Å²) in [6.07, 6.45) is 1.81. The second-order valence-electron chi connectivity index (χ2n) is 5.00. The van der Waals surface area contributed by atoms with Crippen LogP contribution in [-0.4, -0.2) is 41.5 Å². The van der Waals surface area contributed by atoms with Crippen LogP contribution in [0.1, 0.15) is 36.0 Å². The predicted octanol–water partition coefficient (Wildman–Crippen LogP) is 0.971. The lowest BCUT2D eigenvalue weighted by Gasteiger charge is -2.31. The second-order valence-corrected chi connectivity index (χ2v) is 5.00. The highest BCUT2D eigenvalue weighted by molar-refractivity contribution is 5.92. The van der Waals surface area contributed by atoms with Crippen LogP contribution in [0.15, 0.2) is 10.6 Å². The Labute approximate surface area is 112 Å². The highest BCUT2D eigenvalue weighted by atomic mass is 16.5. The van der Waals surface area contributed by atoms with Gasteiger partial charge < -0.3 is 14.7 Å². The third-order valence-corrected chi connectivity index (χ3v) is 3.39. The van der Waals surface area contributed by atoms with Crippen LogP contribution in [0.25, 0.3) is 0 Å². The highest BCUT2D eigenvalue weighted by Gasteiger charge is 2.25. The number of amides is 2. The van der Waals surface area contributed by atoms with Crippen LogP contribution >= 0.6 is 0 Å². The van der Waals surface area contributed by atoms with Gasteiger partial charge in [-0.25, -0.2) is 0 Å². The maximum atomic E-state index is 12.1. The summed E-state index contributed by atoms with van der Waals surface area (Å²) in [5.41, 5.74) is 0.373. The molecular formula is C13H19N3O3. The van der Waals surface area contributed by atoms with E-state index in [2.05, 4.69) is 10.5 Å². The van der Waals surface area contributed by atoms with Crippen molar-refractivity contribution in [2.24, 2.45) is 5.92 Å². The summed E-state index contributed by atoms with van der Waals surface area (Å²) in [6, 6.07) is 1.66. The zero-order chi connectivity index (χ0) is 13.8. The lowest BCUT2D eigenvalue weighted by atomic mass is 9.96. The number of carbonyl (C=O) groups is 2. The van der Waals surface area contributed by atoms with Crippen molar-refractivity contribution in [2.45, 2.75) is 26.7 Å². The van der Waals surface area contributed by atoms with Crippen molar-refractivity contribution in [3.63, 3.8) is 0 Å². The van der Waals surface area contributed by atoms with E-state index in [0.717, 1.165) is 12.8 Å². The summed E-state index contributed by atoms with van der Waals surface area (Å²) in [7, 11) is 0. The summed E-state index contributed by atoms with van der Waals surface area (Å²) in [6.45, 7) is 5.39. The van der Waals surface area contributed by atoms with Gasteiger partial charge in [0, 0.05) is 32.6 Å². The van der Waals surface area contributed by atoms with Gasteiger partial charge in [0.25, 0.3) is 5.91 Å². The zero-order valence-electron chi connectivity index (χ0n) is 11.3. The van der Waals surface area contributed by atoms with Gasteiger partial charge in [0.2, 0.25) is 5.91 Å². The number of rotatable bonds is 3. The Kier molecular flexibility index (Phi) is 4.19. The van der Waals surface area contributed by atoms with Gasteiger partial charge in [-0.2, -0.15) is 0 Å². The van der Waals surface area contributed by atoms with Crippen LogP contribution in [-0.2, 0) is 4.79 Å². The molecule has 0 saturated carbocycles. The van der Waals surface area contributed by atoms with Crippen LogP contribution in [0.5, 0.6) is 0 Å². The largest absolute Gasteiger partial charge is 0.361 e. The molecule has 0 aromatic carbocycles. The van der Waals surface area contributed by atoms with Crippen LogP contribution in [0.4, 0.5) is 0 Å². The Morgan fingerprint density at radius 1 is 1.47 bits per heavy atom. The second kappa shape index (κ2) is 5.86. The first kappa shape index (κ1) is 13.6. The smallest absolute Gasteiger partial charge is 0.276 e.